The summed E-state index contributed by atoms with van der Waals surface area (Å²) < 4.78 is 1.43. The lowest BCUT2D eigenvalue weighted by Gasteiger charge is -2.06. The van der Waals surface area contributed by atoms with E-state index in [-0.39, 0.29) is 11.1 Å². The van der Waals surface area contributed by atoms with Crippen LogP contribution in [0.3, 0.4) is 0 Å². The van der Waals surface area contributed by atoms with E-state index in [4.69, 9.17) is 4.98 Å². The molecule has 7 heteroatoms. The van der Waals surface area contributed by atoms with Gasteiger partial charge in [0.15, 0.2) is 5.65 Å². The minimum absolute atomic E-state index is 0.197. The van der Waals surface area contributed by atoms with Crippen LogP contribution in [-0.2, 0) is 6.42 Å². The number of H-pyrrole nitrogens is 2. The predicted molar refractivity (Wildman–Crippen MR) is 111 cm³/mol. The number of hydrogen-bond donors (Lipinski definition) is 2. The first kappa shape index (κ1) is 17.1. The second-order valence-corrected chi connectivity index (χ2v) is 7.02. The normalized spacial score (nSPS) is 11.3. The maximum absolute atomic E-state index is 12.6. The van der Waals surface area contributed by atoms with Gasteiger partial charge in [0.05, 0.1) is 16.8 Å². The third kappa shape index (κ3) is 2.93. The van der Waals surface area contributed by atoms with Crippen molar-refractivity contribution in [3.05, 3.63) is 98.5 Å². The molecular weight excluding hydrogens is 366 g/mol. The number of nitrogens with zero attached hydrogens (tertiary/aromatic N) is 3. The molecule has 0 fully saturated rings. The van der Waals surface area contributed by atoms with E-state index >= 15 is 0 Å². The Labute approximate surface area is 164 Å². The van der Waals surface area contributed by atoms with Crippen LogP contribution in [0.5, 0.6) is 0 Å². The standard InChI is InChI=1S/C22H17N5O2/c1-13-6-8-14(9-7-13)18-12-23-27-20(28)11-15(24-21(18)27)10-19-16-4-2-3-5-17(16)22(29)26-25-19/h2-9,11-12,23H,10H2,1H3,(H,26,29). The Morgan fingerprint density at radius 3 is 2.55 bits per heavy atom. The van der Waals surface area contributed by atoms with Crippen molar-refractivity contribution >= 4 is 16.4 Å². The van der Waals surface area contributed by atoms with Crippen LogP contribution in [0.25, 0.3) is 27.5 Å². The van der Waals surface area contributed by atoms with E-state index in [0.717, 1.165) is 22.1 Å². The molecule has 0 spiro atoms. The number of rotatable bonds is 3. The molecule has 0 saturated heterocycles. The SMILES string of the molecule is Cc1ccc(-c2c[nH]n3c(=O)cc(Cc4n[nH]c(=O)c5ccccc45)nc23)cc1. The molecule has 2 aromatic carbocycles. The van der Waals surface area contributed by atoms with Gasteiger partial charge in [0, 0.05) is 29.6 Å². The first-order valence-electron chi connectivity index (χ1n) is 9.23. The Morgan fingerprint density at radius 1 is 1.00 bits per heavy atom. The van der Waals surface area contributed by atoms with Gasteiger partial charge in [0.1, 0.15) is 0 Å². The second kappa shape index (κ2) is 6.56. The number of aromatic amines is 2. The highest BCUT2D eigenvalue weighted by Gasteiger charge is 2.13. The highest BCUT2D eigenvalue weighted by Crippen LogP contribution is 2.23. The smallest absolute Gasteiger partial charge is 0.272 e. The van der Waals surface area contributed by atoms with Crippen molar-refractivity contribution in [2.24, 2.45) is 0 Å². The lowest BCUT2D eigenvalue weighted by atomic mass is 10.1. The summed E-state index contributed by atoms with van der Waals surface area (Å²) in [5.74, 6) is 0. The Hall–Kier alpha value is -4.00. The number of benzene rings is 2. The summed E-state index contributed by atoms with van der Waals surface area (Å²) in [6.07, 6.45) is 2.12. The van der Waals surface area contributed by atoms with Crippen molar-refractivity contribution < 1.29 is 0 Å². The molecular formula is C22H17N5O2. The maximum atomic E-state index is 12.6. The topological polar surface area (TPSA) is 95.9 Å². The molecule has 0 amide bonds. The van der Waals surface area contributed by atoms with Crippen molar-refractivity contribution in [3.63, 3.8) is 0 Å². The fourth-order valence-electron chi connectivity index (χ4n) is 3.54. The summed E-state index contributed by atoms with van der Waals surface area (Å²) in [7, 11) is 0. The number of fused-ring (bicyclic) bond motifs is 2. The molecule has 0 saturated carbocycles. The van der Waals surface area contributed by atoms with Gasteiger partial charge < -0.3 is 0 Å². The zero-order chi connectivity index (χ0) is 20.0. The molecule has 3 heterocycles. The van der Waals surface area contributed by atoms with Gasteiger partial charge in [-0.1, -0.05) is 48.0 Å². The van der Waals surface area contributed by atoms with Gasteiger partial charge in [-0.05, 0) is 18.6 Å². The molecule has 3 aromatic heterocycles. The molecule has 0 bridgehead atoms. The molecule has 29 heavy (non-hydrogen) atoms. The molecule has 0 radical (unpaired) electrons. The van der Waals surface area contributed by atoms with Crippen molar-refractivity contribution in [1.29, 1.82) is 0 Å². The monoisotopic (exact) mass is 383 g/mol. The predicted octanol–water partition coefficient (Wildman–Crippen LogP) is 2.83. The van der Waals surface area contributed by atoms with Crippen LogP contribution in [0.2, 0.25) is 0 Å². The zero-order valence-corrected chi connectivity index (χ0v) is 15.6. The third-order valence-electron chi connectivity index (χ3n) is 5.04. The summed E-state index contributed by atoms with van der Waals surface area (Å²) in [5.41, 5.74) is 4.38. The quantitative estimate of drug-likeness (QED) is 0.501. The third-order valence-corrected chi connectivity index (χ3v) is 5.04. The Kier molecular flexibility index (Phi) is 3.87. The summed E-state index contributed by atoms with van der Waals surface area (Å²) in [5, 5.41) is 11.0. The van der Waals surface area contributed by atoms with Gasteiger partial charge in [-0.3, -0.25) is 14.7 Å². The van der Waals surface area contributed by atoms with Crippen molar-refractivity contribution in [3.8, 4) is 11.1 Å². The molecule has 5 aromatic rings. The second-order valence-electron chi connectivity index (χ2n) is 7.02. The van der Waals surface area contributed by atoms with Crippen molar-refractivity contribution in [2.45, 2.75) is 13.3 Å². The van der Waals surface area contributed by atoms with Gasteiger partial charge >= 0.3 is 0 Å². The molecule has 0 atom stereocenters. The van der Waals surface area contributed by atoms with Crippen LogP contribution < -0.4 is 11.1 Å². The fourth-order valence-corrected chi connectivity index (χ4v) is 3.54. The fraction of sp³-hybridized carbons (Fsp3) is 0.0909. The first-order chi connectivity index (χ1) is 14.1. The molecule has 0 aliphatic rings. The Bertz CT molecular complexity index is 1480. The average molecular weight is 383 g/mol. The van der Waals surface area contributed by atoms with Crippen molar-refractivity contribution in [1.82, 2.24) is 24.8 Å². The van der Waals surface area contributed by atoms with Crippen molar-refractivity contribution in [2.75, 3.05) is 0 Å². The van der Waals surface area contributed by atoms with Crippen LogP contribution in [0.15, 0.2) is 70.4 Å². The summed E-state index contributed by atoms with van der Waals surface area (Å²) in [4.78, 5) is 29.4. The molecule has 7 nitrogen and oxygen atoms in total. The Morgan fingerprint density at radius 2 is 1.76 bits per heavy atom. The van der Waals surface area contributed by atoms with E-state index in [1.165, 1.54) is 10.6 Å². The van der Waals surface area contributed by atoms with Crippen LogP contribution in [-0.4, -0.2) is 24.8 Å². The summed E-state index contributed by atoms with van der Waals surface area (Å²) >= 11 is 0. The summed E-state index contributed by atoms with van der Waals surface area (Å²) in [6, 6.07) is 16.8. The van der Waals surface area contributed by atoms with Crippen LogP contribution in [0.1, 0.15) is 17.0 Å². The van der Waals surface area contributed by atoms with Gasteiger partial charge in [-0.2, -0.15) is 5.10 Å². The van der Waals surface area contributed by atoms with Gasteiger partial charge in [0.25, 0.3) is 11.1 Å². The van der Waals surface area contributed by atoms with E-state index in [2.05, 4.69) is 15.3 Å². The van der Waals surface area contributed by atoms with E-state index in [1.807, 2.05) is 49.4 Å². The summed E-state index contributed by atoms with van der Waals surface area (Å²) in [6.45, 7) is 2.03. The Balaban J connectivity index is 1.64. The van der Waals surface area contributed by atoms with E-state index in [1.54, 1.807) is 12.3 Å². The minimum atomic E-state index is -0.236. The average Bonchev–Trinajstić information content (AvgIpc) is 3.15. The molecule has 5 rings (SSSR count). The molecule has 142 valence electrons. The molecule has 0 aliphatic heterocycles. The largest absolute Gasteiger partial charge is 0.296 e. The number of nitrogens with one attached hydrogen (secondary N) is 2. The molecule has 0 unspecified atom stereocenters. The van der Waals surface area contributed by atoms with E-state index in [9.17, 15) is 9.59 Å². The van der Waals surface area contributed by atoms with Crippen LogP contribution in [0, 0.1) is 6.92 Å². The number of aryl methyl sites for hydroxylation is 1. The zero-order valence-electron chi connectivity index (χ0n) is 15.6. The molecule has 2 N–H and O–H groups in total. The molecule has 0 aliphatic carbocycles. The first-order valence-corrected chi connectivity index (χ1v) is 9.23. The number of aromatic nitrogens is 5. The minimum Gasteiger partial charge on any atom is -0.296 e. The highest BCUT2D eigenvalue weighted by molar-refractivity contribution is 5.83. The van der Waals surface area contributed by atoms with Gasteiger partial charge in [-0.25, -0.2) is 14.6 Å². The van der Waals surface area contributed by atoms with Gasteiger partial charge in [-0.15, -0.1) is 0 Å². The van der Waals surface area contributed by atoms with Gasteiger partial charge in [0.2, 0.25) is 0 Å². The lowest BCUT2D eigenvalue weighted by Crippen LogP contribution is -2.17. The van der Waals surface area contributed by atoms with Crippen LogP contribution >= 0.6 is 0 Å². The van der Waals surface area contributed by atoms with E-state index in [0.29, 0.717) is 28.8 Å². The van der Waals surface area contributed by atoms with E-state index < -0.39 is 0 Å². The lowest BCUT2D eigenvalue weighted by molar-refractivity contribution is 0.867. The number of hydrogen-bond acceptors (Lipinski definition) is 4. The highest BCUT2D eigenvalue weighted by atomic mass is 16.1. The van der Waals surface area contributed by atoms with Crippen LogP contribution in [0.4, 0.5) is 0 Å². The maximum Gasteiger partial charge on any atom is 0.272 e.